The second-order valence-corrected chi connectivity index (χ2v) is 6.77. The van der Waals surface area contributed by atoms with Crippen LogP contribution < -0.4 is 16.8 Å². The van der Waals surface area contributed by atoms with Gasteiger partial charge in [0.1, 0.15) is 24.6 Å². The van der Waals surface area contributed by atoms with Crippen molar-refractivity contribution in [3.63, 3.8) is 0 Å². The summed E-state index contributed by atoms with van der Waals surface area (Å²) in [6.07, 6.45) is 3.57. The third-order valence-electron chi connectivity index (χ3n) is 4.50. The van der Waals surface area contributed by atoms with Crippen molar-refractivity contribution in [1.82, 2.24) is 10.2 Å². The molecule has 0 aromatic heterocycles. The quantitative estimate of drug-likeness (QED) is 0.364. The second kappa shape index (κ2) is 11.1. The highest BCUT2D eigenvalue weighted by molar-refractivity contribution is 5.82. The van der Waals surface area contributed by atoms with Gasteiger partial charge in [0, 0.05) is 12.8 Å². The van der Waals surface area contributed by atoms with E-state index in [-0.39, 0.29) is 18.9 Å². The van der Waals surface area contributed by atoms with E-state index in [0.29, 0.717) is 36.8 Å². The summed E-state index contributed by atoms with van der Waals surface area (Å²) in [6.45, 7) is 16.4. The van der Waals surface area contributed by atoms with E-state index < -0.39 is 0 Å². The van der Waals surface area contributed by atoms with Crippen molar-refractivity contribution in [3.05, 3.63) is 25.2 Å². The molecule has 0 bridgehead atoms. The molecule has 1 rings (SSSR count). The maximum atomic E-state index is 6.07. The SMILES string of the molecule is C=CN(C(=C)NCN=C(N)CN)[C@H]1CC[C@@H](COC[C@H](C)C(C)C)O1. The molecule has 0 spiro atoms. The van der Waals surface area contributed by atoms with Crippen LogP contribution in [-0.4, -0.2) is 49.5 Å². The van der Waals surface area contributed by atoms with Crippen LogP contribution in [0.3, 0.4) is 0 Å². The van der Waals surface area contributed by atoms with Crippen molar-refractivity contribution >= 4 is 5.84 Å². The van der Waals surface area contributed by atoms with Gasteiger partial charge in [0.2, 0.25) is 0 Å². The van der Waals surface area contributed by atoms with Crippen LogP contribution in [0.2, 0.25) is 0 Å². The van der Waals surface area contributed by atoms with Crippen LogP contribution in [0, 0.1) is 11.8 Å². The fraction of sp³-hybridized carbons (Fsp3) is 0.722. The fourth-order valence-corrected chi connectivity index (χ4v) is 2.38. The number of nitrogens with zero attached hydrogens (tertiary/aromatic N) is 2. The van der Waals surface area contributed by atoms with Crippen molar-refractivity contribution in [3.8, 4) is 0 Å². The van der Waals surface area contributed by atoms with Crippen LogP contribution in [-0.2, 0) is 9.47 Å². The Labute approximate surface area is 152 Å². The summed E-state index contributed by atoms with van der Waals surface area (Å²) in [5.74, 6) is 2.24. The topological polar surface area (TPSA) is 98.1 Å². The Balaban J connectivity index is 2.38. The summed E-state index contributed by atoms with van der Waals surface area (Å²) in [5.41, 5.74) is 11.0. The lowest BCUT2D eigenvalue weighted by atomic mass is 9.99. The monoisotopic (exact) mass is 353 g/mol. The minimum Gasteiger partial charge on any atom is -0.386 e. The van der Waals surface area contributed by atoms with Gasteiger partial charge in [-0.1, -0.05) is 33.9 Å². The molecule has 7 heteroatoms. The number of rotatable bonds is 12. The normalized spacial score (nSPS) is 22.0. The lowest BCUT2D eigenvalue weighted by molar-refractivity contribution is -0.0604. The van der Waals surface area contributed by atoms with E-state index in [1.54, 1.807) is 6.20 Å². The van der Waals surface area contributed by atoms with E-state index in [1.165, 1.54) is 0 Å². The standard InChI is InChI=1S/C18H35N5O2/c1-6-23(15(5)21-12-22-17(20)9-19)18-8-7-16(25-18)11-24-10-14(4)13(2)3/h6,13-14,16,18,21H,1,5,7-12,19H2,2-4H3,(H2,20,22)/t14-,16-,18+/m0/s1. The average molecular weight is 354 g/mol. The first-order valence-corrected chi connectivity index (χ1v) is 8.94. The van der Waals surface area contributed by atoms with E-state index in [9.17, 15) is 0 Å². The smallest absolute Gasteiger partial charge is 0.135 e. The molecular formula is C18H35N5O2. The van der Waals surface area contributed by atoms with Gasteiger partial charge in [-0.15, -0.1) is 0 Å². The minimum atomic E-state index is -0.0931. The zero-order valence-corrected chi connectivity index (χ0v) is 15.9. The summed E-state index contributed by atoms with van der Waals surface area (Å²) in [6, 6.07) is 0. The fourth-order valence-electron chi connectivity index (χ4n) is 2.38. The Morgan fingerprint density at radius 2 is 2.16 bits per heavy atom. The van der Waals surface area contributed by atoms with Crippen LogP contribution in [0.15, 0.2) is 30.2 Å². The molecule has 1 saturated heterocycles. The van der Waals surface area contributed by atoms with Crippen molar-refractivity contribution < 1.29 is 9.47 Å². The van der Waals surface area contributed by atoms with Crippen molar-refractivity contribution in [1.29, 1.82) is 0 Å². The Kier molecular flexibility index (Phi) is 9.55. The zero-order valence-electron chi connectivity index (χ0n) is 15.9. The first kappa shape index (κ1) is 21.5. The lowest BCUT2D eigenvalue weighted by Gasteiger charge is -2.29. The first-order valence-electron chi connectivity index (χ1n) is 8.94. The van der Waals surface area contributed by atoms with Crippen molar-refractivity contribution in [2.24, 2.45) is 28.3 Å². The highest BCUT2D eigenvalue weighted by atomic mass is 16.6. The van der Waals surface area contributed by atoms with Gasteiger partial charge in [0.05, 0.1) is 19.3 Å². The highest BCUT2D eigenvalue weighted by Crippen LogP contribution is 2.25. The van der Waals surface area contributed by atoms with Crippen LogP contribution in [0.4, 0.5) is 0 Å². The summed E-state index contributed by atoms with van der Waals surface area (Å²) in [5, 5.41) is 3.09. The molecule has 1 fully saturated rings. The van der Waals surface area contributed by atoms with Crippen LogP contribution in [0.1, 0.15) is 33.6 Å². The molecule has 1 aliphatic rings. The minimum absolute atomic E-state index is 0.0931. The molecule has 25 heavy (non-hydrogen) atoms. The predicted molar refractivity (Wildman–Crippen MR) is 103 cm³/mol. The maximum absolute atomic E-state index is 6.07. The van der Waals surface area contributed by atoms with Gasteiger partial charge in [-0.05, 0) is 24.7 Å². The number of ether oxygens (including phenoxy) is 2. The molecular weight excluding hydrogens is 318 g/mol. The van der Waals surface area contributed by atoms with E-state index in [4.69, 9.17) is 20.9 Å². The summed E-state index contributed by atoms with van der Waals surface area (Å²) >= 11 is 0. The Morgan fingerprint density at radius 1 is 1.44 bits per heavy atom. The van der Waals surface area contributed by atoms with Crippen molar-refractivity contribution in [2.45, 2.75) is 45.9 Å². The Morgan fingerprint density at radius 3 is 2.76 bits per heavy atom. The Hall–Kier alpha value is -1.57. The third-order valence-corrected chi connectivity index (χ3v) is 4.50. The third kappa shape index (κ3) is 7.46. The van der Waals surface area contributed by atoms with Crippen LogP contribution in [0.5, 0.6) is 0 Å². The Bertz CT molecular complexity index is 453. The summed E-state index contributed by atoms with van der Waals surface area (Å²) < 4.78 is 11.9. The number of amidine groups is 1. The number of hydrogen-bond donors (Lipinski definition) is 3. The first-order chi connectivity index (χ1) is 11.9. The number of hydrogen-bond acceptors (Lipinski definition) is 6. The molecule has 5 N–H and O–H groups in total. The maximum Gasteiger partial charge on any atom is 0.135 e. The van der Waals surface area contributed by atoms with E-state index in [2.05, 4.69) is 44.2 Å². The van der Waals surface area contributed by atoms with Gasteiger partial charge < -0.3 is 31.2 Å². The second-order valence-electron chi connectivity index (χ2n) is 6.77. The van der Waals surface area contributed by atoms with Gasteiger partial charge in [0.15, 0.2) is 0 Å². The molecule has 1 aliphatic heterocycles. The zero-order chi connectivity index (χ0) is 18.8. The summed E-state index contributed by atoms with van der Waals surface area (Å²) in [4.78, 5) is 5.97. The molecule has 3 atom stereocenters. The van der Waals surface area contributed by atoms with Gasteiger partial charge >= 0.3 is 0 Å². The average Bonchev–Trinajstić information content (AvgIpc) is 3.03. The van der Waals surface area contributed by atoms with E-state index in [0.717, 1.165) is 19.4 Å². The number of nitrogens with two attached hydrogens (primary N) is 2. The molecule has 1 heterocycles. The van der Waals surface area contributed by atoms with Gasteiger partial charge in [-0.3, -0.25) is 4.99 Å². The molecule has 7 nitrogen and oxygen atoms in total. The largest absolute Gasteiger partial charge is 0.386 e. The molecule has 0 aromatic rings. The number of nitrogens with one attached hydrogen (secondary N) is 1. The summed E-state index contributed by atoms with van der Waals surface area (Å²) in [7, 11) is 0. The van der Waals surface area contributed by atoms with Crippen molar-refractivity contribution in [2.75, 3.05) is 26.4 Å². The van der Waals surface area contributed by atoms with E-state index >= 15 is 0 Å². The highest BCUT2D eigenvalue weighted by Gasteiger charge is 2.29. The molecule has 0 unspecified atom stereocenters. The van der Waals surface area contributed by atoms with Gasteiger partial charge in [-0.2, -0.15) is 0 Å². The lowest BCUT2D eigenvalue weighted by Crippen LogP contribution is -2.36. The van der Waals surface area contributed by atoms with Crippen LogP contribution >= 0.6 is 0 Å². The predicted octanol–water partition coefficient (Wildman–Crippen LogP) is 1.58. The van der Waals surface area contributed by atoms with E-state index in [1.807, 2.05) is 4.90 Å². The van der Waals surface area contributed by atoms with Gasteiger partial charge in [0.25, 0.3) is 0 Å². The van der Waals surface area contributed by atoms with Gasteiger partial charge in [-0.25, -0.2) is 0 Å². The molecule has 0 amide bonds. The van der Waals surface area contributed by atoms with Crippen LogP contribution in [0.25, 0.3) is 0 Å². The molecule has 0 aliphatic carbocycles. The molecule has 0 saturated carbocycles. The molecule has 0 radical (unpaired) electrons. The number of aliphatic imine (C=N–C) groups is 1. The molecule has 144 valence electrons. The molecule has 0 aromatic carbocycles.